The molecule has 2 aromatic carbocycles. The van der Waals surface area contributed by atoms with Crippen LogP contribution in [0, 0.1) is 12.3 Å². The highest BCUT2D eigenvalue weighted by molar-refractivity contribution is 8.16. The van der Waals surface area contributed by atoms with Crippen LogP contribution in [0.25, 0.3) is 0 Å². The van der Waals surface area contributed by atoms with E-state index in [4.69, 9.17) is 5.41 Å². The third-order valence-corrected chi connectivity index (χ3v) is 4.82. The molecule has 2 N–H and O–H groups in total. The first-order valence-corrected chi connectivity index (χ1v) is 8.44. The number of aryl methyl sites for hydroxylation is 1. The molecule has 0 saturated carbocycles. The average molecular weight is 339 g/mol. The second kappa shape index (κ2) is 6.88. The third kappa shape index (κ3) is 3.33. The highest BCUT2D eigenvalue weighted by atomic mass is 32.2. The van der Waals surface area contributed by atoms with Crippen LogP contribution in [-0.4, -0.2) is 22.2 Å². The molecular formula is C18H17N3O2S. The van der Waals surface area contributed by atoms with Gasteiger partial charge in [0.25, 0.3) is 0 Å². The van der Waals surface area contributed by atoms with Crippen LogP contribution in [0.3, 0.4) is 0 Å². The van der Waals surface area contributed by atoms with Crippen molar-refractivity contribution in [2.75, 3.05) is 10.2 Å². The minimum atomic E-state index is -0.568. The number of amides is 2. The standard InChI is InChI=1S/C18H17N3O2S/c1-12-7-5-6-10-14(12)20-16(22)11-15-17(23)21(18(19)24-15)13-8-3-2-4-9-13/h2-10,15,19H,11H2,1H3,(H,20,22). The van der Waals surface area contributed by atoms with Gasteiger partial charge in [-0.1, -0.05) is 48.2 Å². The number of amidine groups is 1. The SMILES string of the molecule is Cc1ccccc1NC(=O)CC1SC(=N)N(c2ccccc2)C1=O. The van der Waals surface area contributed by atoms with Crippen molar-refractivity contribution in [1.82, 2.24) is 0 Å². The molecule has 0 bridgehead atoms. The van der Waals surface area contributed by atoms with E-state index in [0.717, 1.165) is 23.0 Å². The monoisotopic (exact) mass is 339 g/mol. The van der Waals surface area contributed by atoms with Crippen molar-refractivity contribution in [2.24, 2.45) is 0 Å². The summed E-state index contributed by atoms with van der Waals surface area (Å²) in [6.07, 6.45) is 0.0452. The number of carbonyl (C=O) groups excluding carboxylic acids is 2. The molecule has 0 spiro atoms. The lowest BCUT2D eigenvalue weighted by Gasteiger charge is -2.15. The molecule has 3 rings (SSSR count). The molecular weight excluding hydrogens is 322 g/mol. The van der Waals surface area contributed by atoms with Crippen LogP contribution in [0.2, 0.25) is 0 Å². The summed E-state index contributed by atoms with van der Waals surface area (Å²) in [4.78, 5) is 26.2. The maximum atomic E-state index is 12.6. The summed E-state index contributed by atoms with van der Waals surface area (Å²) < 4.78 is 0. The van der Waals surface area contributed by atoms with Crippen LogP contribution in [0.15, 0.2) is 54.6 Å². The zero-order valence-electron chi connectivity index (χ0n) is 13.2. The lowest BCUT2D eigenvalue weighted by Crippen LogP contribution is -2.33. The van der Waals surface area contributed by atoms with Crippen molar-refractivity contribution in [3.8, 4) is 0 Å². The van der Waals surface area contributed by atoms with E-state index in [1.165, 1.54) is 4.90 Å². The Balaban J connectivity index is 1.68. The molecule has 1 aliphatic heterocycles. The highest BCUT2D eigenvalue weighted by Crippen LogP contribution is 2.32. The van der Waals surface area contributed by atoms with Crippen molar-refractivity contribution < 1.29 is 9.59 Å². The zero-order chi connectivity index (χ0) is 17.1. The molecule has 5 nitrogen and oxygen atoms in total. The number of thioether (sulfide) groups is 1. The van der Waals surface area contributed by atoms with Gasteiger partial charge < -0.3 is 5.32 Å². The van der Waals surface area contributed by atoms with Gasteiger partial charge in [0, 0.05) is 12.1 Å². The lowest BCUT2D eigenvalue weighted by molar-refractivity contribution is -0.121. The molecule has 6 heteroatoms. The molecule has 2 aromatic rings. The van der Waals surface area contributed by atoms with Crippen LogP contribution < -0.4 is 10.2 Å². The Morgan fingerprint density at radius 2 is 1.83 bits per heavy atom. The number of para-hydroxylation sites is 2. The van der Waals surface area contributed by atoms with E-state index in [2.05, 4.69) is 5.32 Å². The van der Waals surface area contributed by atoms with E-state index < -0.39 is 5.25 Å². The maximum Gasteiger partial charge on any atom is 0.247 e. The van der Waals surface area contributed by atoms with Crippen molar-refractivity contribution >= 4 is 40.1 Å². The molecule has 1 unspecified atom stereocenters. The van der Waals surface area contributed by atoms with Crippen molar-refractivity contribution in [3.63, 3.8) is 0 Å². The molecule has 1 heterocycles. The molecule has 1 fully saturated rings. The van der Waals surface area contributed by atoms with Gasteiger partial charge in [0.1, 0.15) is 5.25 Å². The highest BCUT2D eigenvalue weighted by Gasteiger charge is 2.39. The molecule has 0 radical (unpaired) electrons. The van der Waals surface area contributed by atoms with Gasteiger partial charge in [0.2, 0.25) is 11.8 Å². The molecule has 122 valence electrons. The second-order valence-electron chi connectivity index (χ2n) is 5.49. The number of hydrogen-bond acceptors (Lipinski definition) is 4. The number of carbonyl (C=O) groups is 2. The van der Waals surface area contributed by atoms with E-state index >= 15 is 0 Å². The fourth-order valence-electron chi connectivity index (χ4n) is 2.52. The topological polar surface area (TPSA) is 73.3 Å². The van der Waals surface area contributed by atoms with Gasteiger partial charge in [0.05, 0.1) is 5.69 Å². The van der Waals surface area contributed by atoms with Crippen LogP contribution >= 0.6 is 11.8 Å². The van der Waals surface area contributed by atoms with Crippen molar-refractivity contribution in [2.45, 2.75) is 18.6 Å². The Labute approximate surface area is 144 Å². The van der Waals surface area contributed by atoms with Gasteiger partial charge in [0.15, 0.2) is 5.17 Å². The largest absolute Gasteiger partial charge is 0.326 e. The Bertz CT molecular complexity index is 792. The summed E-state index contributed by atoms with van der Waals surface area (Å²) in [6, 6.07) is 16.6. The third-order valence-electron chi connectivity index (χ3n) is 3.76. The number of rotatable bonds is 4. The second-order valence-corrected chi connectivity index (χ2v) is 6.68. The van der Waals surface area contributed by atoms with Gasteiger partial charge in [-0.15, -0.1) is 0 Å². The van der Waals surface area contributed by atoms with E-state index in [1.54, 1.807) is 12.1 Å². The summed E-state index contributed by atoms with van der Waals surface area (Å²) in [5.74, 6) is -0.450. The number of nitrogens with one attached hydrogen (secondary N) is 2. The fraction of sp³-hybridized carbons (Fsp3) is 0.167. The van der Waals surface area contributed by atoms with Gasteiger partial charge in [-0.3, -0.25) is 19.9 Å². The van der Waals surface area contributed by atoms with E-state index in [0.29, 0.717) is 5.69 Å². The molecule has 24 heavy (non-hydrogen) atoms. The van der Waals surface area contributed by atoms with E-state index in [1.807, 2.05) is 49.4 Å². The molecule has 1 saturated heterocycles. The Morgan fingerprint density at radius 1 is 1.17 bits per heavy atom. The van der Waals surface area contributed by atoms with Crippen LogP contribution in [0.5, 0.6) is 0 Å². The van der Waals surface area contributed by atoms with Gasteiger partial charge >= 0.3 is 0 Å². The first-order chi connectivity index (χ1) is 11.6. The number of benzene rings is 2. The van der Waals surface area contributed by atoms with Gasteiger partial charge in [-0.25, -0.2) is 0 Å². The predicted molar refractivity (Wildman–Crippen MR) is 97.5 cm³/mol. The summed E-state index contributed by atoms with van der Waals surface area (Å²) in [5, 5.41) is 10.5. The lowest BCUT2D eigenvalue weighted by atomic mass is 10.2. The molecule has 1 atom stereocenters. The fourth-order valence-corrected chi connectivity index (χ4v) is 3.53. The van der Waals surface area contributed by atoms with Crippen LogP contribution in [0.4, 0.5) is 11.4 Å². The summed E-state index contributed by atoms with van der Waals surface area (Å²) >= 11 is 1.12. The zero-order valence-corrected chi connectivity index (χ0v) is 14.0. The summed E-state index contributed by atoms with van der Waals surface area (Å²) in [6.45, 7) is 1.91. The number of anilines is 2. The van der Waals surface area contributed by atoms with Gasteiger partial charge in [-0.2, -0.15) is 0 Å². The number of nitrogens with zero attached hydrogens (tertiary/aromatic N) is 1. The normalized spacial score (nSPS) is 17.2. The van der Waals surface area contributed by atoms with Crippen LogP contribution in [-0.2, 0) is 9.59 Å². The Kier molecular flexibility index (Phi) is 4.66. The predicted octanol–water partition coefficient (Wildman–Crippen LogP) is 3.41. The molecule has 0 aliphatic carbocycles. The average Bonchev–Trinajstić information content (AvgIpc) is 2.84. The Hall–Kier alpha value is -2.60. The first-order valence-electron chi connectivity index (χ1n) is 7.56. The van der Waals surface area contributed by atoms with Crippen molar-refractivity contribution in [1.29, 1.82) is 5.41 Å². The van der Waals surface area contributed by atoms with Gasteiger partial charge in [-0.05, 0) is 30.7 Å². The minimum absolute atomic E-state index is 0.0452. The van der Waals surface area contributed by atoms with Crippen molar-refractivity contribution in [3.05, 3.63) is 60.2 Å². The van der Waals surface area contributed by atoms with E-state index in [-0.39, 0.29) is 23.4 Å². The maximum absolute atomic E-state index is 12.6. The molecule has 0 aromatic heterocycles. The smallest absolute Gasteiger partial charge is 0.247 e. The summed E-state index contributed by atoms with van der Waals surface area (Å²) in [5.41, 5.74) is 2.37. The quantitative estimate of drug-likeness (QED) is 0.896. The minimum Gasteiger partial charge on any atom is -0.326 e. The first kappa shape index (κ1) is 16.3. The van der Waals surface area contributed by atoms with E-state index in [9.17, 15) is 9.59 Å². The molecule has 2 amide bonds. The molecule has 1 aliphatic rings. The summed E-state index contributed by atoms with van der Waals surface area (Å²) in [7, 11) is 0. The Morgan fingerprint density at radius 3 is 2.54 bits per heavy atom. The van der Waals surface area contributed by atoms with Crippen LogP contribution in [0.1, 0.15) is 12.0 Å². The number of hydrogen-bond donors (Lipinski definition) is 2.